The second-order valence-corrected chi connectivity index (χ2v) is 7.07. The molecular formula is C22H28N2O3. The summed E-state index contributed by atoms with van der Waals surface area (Å²) in [6.07, 6.45) is 1.95. The van der Waals surface area contributed by atoms with E-state index in [0.29, 0.717) is 25.1 Å². The molecule has 0 fully saturated rings. The zero-order chi connectivity index (χ0) is 19.4. The van der Waals surface area contributed by atoms with Crippen LogP contribution < -0.4 is 15.2 Å². The molecule has 27 heavy (non-hydrogen) atoms. The van der Waals surface area contributed by atoms with E-state index in [9.17, 15) is 4.79 Å². The normalized spacial score (nSPS) is 17.2. The van der Waals surface area contributed by atoms with Gasteiger partial charge in [-0.1, -0.05) is 30.3 Å². The summed E-state index contributed by atoms with van der Waals surface area (Å²) in [6.45, 7) is 2.62. The zero-order valence-electron chi connectivity index (χ0n) is 16.3. The van der Waals surface area contributed by atoms with E-state index in [1.807, 2.05) is 42.2 Å². The highest BCUT2D eigenvalue weighted by Gasteiger charge is 2.33. The third-order valence-electron chi connectivity index (χ3n) is 5.12. The number of amides is 1. The van der Waals surface area contributed by atoms with Gasteiger partial charge in [0.2, 0.25) is 5.91 Å². The number of methoxy groups -OCH3 is 2. The molecule has 0 bridgehead atoms. The van der Waals surface area contributed by atoms with Crippen LogP contribution in [0.2, 0.25) is 0 Å². The van der Waals surface area contributed by atoms with E-state index in [0.717, 1.165) is 23.3 Å². The molecule has 144 valence electrons. The Bertz CT molecular complexity index is 790. The minimum absolute atomic E-state index is 0.0190. The highest BCUT2D eigenvalue weighted by molar-refractivity contribution is 5.78. The minimum Gasteiger partial charge on any atom is -0.493 e. The third kappa shape index (κ3) is 4.08. The summed E-state index contributed by atoms with van der Waals surface area (Å²) in [5, 5.41) is 0. The molecule has 2 unspecified atom stereocenters. The van der Waals surface area contributed by atoms with Crippen LogP contribution >= 0.6 is 0 Å². The molecule has 5 nitrogen and oxygen atoms in total. The van der Waals surface area contributed by atoms with Crippen LogP contribution in [0.5, 0.6) is 11.5 Å². The topological polar surface area (TPSA) is 64.8 Å². The fourth-order valence-electron chi connectivity index (χ4n) is 3.70. The van der Waals surface area contributed by atoms with Crippen molar-refractivity contribution in [1.82, 2.24) is 4.90 Å². The molecule has 2 atom stereocenters. The molecule has 0 saturated carbocycles. The van der Waals surface area contributed by atoms with E-state index < -0.39 is 0 Å². The molecule has 0 spiro atoms. The van der Waals surface area contributed by atoms with Crippen molar-refractivity contribution < 1.29 is 14.3 Å². The van der Waals surface area contributed by atoms with Crippen LogP contribution in [0.15, 0.2) is 42.5 Å². The first-order valence-corrected chi connectivity index (χ1v) is 9.40. The molecule has 2 N–H and O–H groups in total. The standard InChI is InChI=1S/C22H28N2O3/c1-15(23)9-10-21(25)24-12-11-17-13-19(26-2)20(27-3)14-18(17)22(24)16-7-5-4-6-8-16/h4-8,13-15,22H,9-12,23H2,1-3H3. The summed E-state index contributed by atoms with van der Waals surface area (Å²) in [4.78, 5) is 15.0. The molecule has 2 aromatic rings. The summed E-state index contributed by atoms with van der Waals surface area (Å²) >= 11 is 0. The Morgan fingerprint density at radius 3 is 2.48 bits per heavy atom. The van der Waals surface area contributed by atoms with Crippen LogP contribution in [0.3, 0.4) is 0 Å². The predicted octanol–water partition coefficient (Wildman–Crippen LogP) is 3.31. The largest absolute Gasteiger partial charge is 0.493 e. The monoisotopic (exact) mass is 368 g/mol. The molecule has 1 heterocycles. The lowest BCUT2D eigenvalue weighted by Crippen LogP contribution is -2.41. The van der Waals surface area contributed by atoms with Gasteiger partial charge in [0.15, 0.2) is 11.5 Å². The Kier molecular flexibility index (Phi) is 6.01. The van der Waals surface area contributed by atoms with E-state index >= 15 is 0 Å². The Balaban J connectivity index is 2.04. The minimum atomic E-state index is -0.129. The van der Waals surface area contributed by atoms with Crippen molar-refractivity contribution in [2.45, 2.75) is 38.3 Å². The number of carbonyl (C=O) groups excluding carboxylic acids is 1. The van der Waals surface area contributed by atoms with E-state index in [-0.39, 0.29) is 18.0 Å². The number of carbonyl (C=O) groups is 1. The molecule has 1 aliphatic heterocycles. The van der Waals surface area contributed by atoms with Gasteiger partial charge in [-0.3, -0.25) is 4.79 Å². The van der Waals surface area contributed by atoms with Gasteiger partial charge in [-0.05, 0) is 48.6 Å². The summed E-state index contributed by atoms with van der Waals surface area (Å²) < 4.78 is 11.0. The third-order valence-corrected chi connectivity index (χ3v) is 5.12. The maximum Gasteiger partial charge on any atom is 0.223 e. The van der Waals surface area contributed by atoms with Gasteiger partial charge in [-0.25, -0.2) is 0 Å². The van der Waals surface area contributed by atoms with Crippen molar-refractivity contribution in [3.8, 4) is 11.5 Å². The van der Waals surface area contributed by atoms with Gasteiger partial charge in [-0.15, -0.1) is 0 Å². The van der Waals surface area contributed by atoms with Crippen LogP contribution in [0.25, 0.3) is 0 Å². The highest BCUT2D eigenvalue weighted by atomic mass is 16.5. The van der Waals surface area contributed by atoms with Gasteiger partial charge in [0.1, 0.15) is 0 Å². The lowest BCUT2D eigenvalue weighted by atomic mass is 9.87. The summed E-state index contributed by atoms with van der Waals surface area (Å²) in [5.74, 6) is 1.54. The van der Waals surface area contributed by atoms with Gasteiger partial charge in [0.05, 0.1) is 20.3 Å². The average Bonchev–Trinajstić information content (AvgIpc) is 2.70. The Labute approximate surface area is 161 Å². The van der Waals surface area contributed by atoms with E-state index in [4.69, 9.17) is 15.2 Å². The zero-order valence-corrected chi connectivity index (χ0v) is 16.3. The fourth-order valence-corrected chi connectivity index (χ4v) is 3.70. The lowest BCUT2D eigenvalue weighted by Gasteiger charge is -2.38. The molecular weight excluding hydrogens is 340 g/mol. The first kappa shape index (κ1) is 19.2. The van der Waals surface area contributed by atoms with Crippen LogP contribution in [0.1, 0.15) is 42.5 Å². The van der Waals surface area contributed by atoms with Crippen LogP contribution in [0, 0.1) is 0 Å². The predicted molar refractivity (Wildman–Crippen MR) is 106 cm³/mol. The van der Waals surface area contributed by atoms with Gasteiger partial charge >= 0.3 is 0 Å². The van der Waals surface area contributed by atoms with Crippen molar-refractivity contribution in [1.29, 1.82) is 0 Å². The fraction of sp³-hybridized carbons (Fsp3) is 0.409. The Hall–Kier alpha value is -2.53. The maximum atomic E-state index is 13.0. The quantitative estimate of drug-likeness (QED) is 0.850. The number of rotatable bonds is 6. The molecule has 1 amide bonds. The first-order chi connectivity index (χ1) is 13.0. The Morgan fingerprint density at radius 2 is 1.85 bits per heavy atom. The summed E-state index contributed by atoms with van der Waals surface area (Å²) in [7, 11) is 3.28. The smallest absolute Gasteiger partial charge is 0.223 e. The van der Waals surface area contributed by atoms with Gasteiger partial charge in [0.25, 0.3) is 0 Å². The van der Waals surface area contributed by atoms with Crippen LogP contribution in [-0.4, -0.2) is 37.6 Å². The second kappa shape index (κ2) is 8.44. The van der Waals surface area contributed by atoms with E-state index in [1.54, 1.807) is 14.2 Å². The number of hydrogen-bond donors (Lipinski definition) is 1. The number of benzene rings is 2. The molecule has 0 aromatic heterocycles. The van der Waals surface area contributed by atoms with Crippen molar-refractivity contribution >= 4 is 5.91 Å². The van der Waals surface area contributed by atoms with Gasteiger partial charge < -0.3 is 20.1 Å². The van der Waals surface area contributed by atoms with E-state index in [2.05, 4.69) is 12.1 Å². The Morgan fingerprint density at radius 1 is 1.19 bits per heavy atom. The maximum absolute atomic E-state index is 13.0. The molecule has 0 aliphatic carbocycles. The number of hydrogen-bond acceptors (Lipinski definition) is 4. The molecule has 5 heteroatoms. The molecule has 1 aliphatic rings. The SMILES string of the molecule is COc1cc2c(cc1OC)C(c1ccccc1)N(C(=O)CCC(C)N)CC2. The van der Waals surface area contributed by atoms with Gasteiger partial charge in [-0.2, -0.15) is 0 Å². The average molecular weight is 368 g/mol. The number of fused-ring (bicyclic) bond motifs is 1. The van der Waals surface area contributed by atoms with Crippen molar-refractivity contribution in [2.75, 3.05) is 20.8 Å². The highest BCUT2D eigenvalue weighted by Crippen LogP contribution is 2.41. The van der Waals surface area contributed by atoms with Gasteiger partial charge in [0, 0.05) is 19.0 Å². The lowest BCUT2D eigenvalue weighted by molar-refractivity contribution is -0.133. The second-order valence-electron chi connectivity index (χ2n) is 7.07. The van der Waals surface area contributed by atoms with Crippen molar-refractivity contribution in [3.63, 3.8) is 0 Å². The van der Waals surface area contributed by atoms with Crippen molar-refractivity contribution in [3.05, 3.63) is 59.2 Å². The molecule has 0 saturated heterocycles. The van der Waals surface area contributed by atoms with Crippen LogP contribution in [-0.2, 0) is 11.2 Å². The number of nitrogens with zero attached hydrogens (tertiary/aromatic N) is 1. The molecule has 2 aromatic carbocycles. The molecule has 3 rings (SSSR count). The summed E-state index contributed by atoms with van der Waals surface area (Å²) in [5.41, 5.74) is 9.25. The number of ether oxygens (including phenoxy) is 2. The first-order valence-electron chi connectivity index (χ1n) is 9.40. The van der Waals surface area contributed by atoms with Crippen LogP contribution in [0.4, 0.5) is 0 Å². The van der Waals surface area contributed by atoms with E-state index in [1.165, 1.54) is 5.56 Å². The summed E-state index contributed by atoms with van der Waals surface area (Å²) in [6, 6.07) is 14.1. The molecule has 0 radical (unpaired) electrons. The van der Waals surface area contributed by atoms with Crippen molar-refractivity contribution in [2.24, 2.45) is 5.73 Å². The number of nitrogens with two attached hydrogens (primary N) is 1.